The molecule has 1 aliphatic rings. The maximum atomic E-state index is 5.70. The highest BCUT2D eigenvalue weighted by Gasteiger charge is 2.31. The van der Waals surface area contributed by atoms with Crippen LogP contribution in [0.1, 0.15) is 19.4 Å². The van der Waals surface area contributed by atoms with Gasteiger partial charge in [0, 0.05) is 38.4 Å². The first-order valence-electron chi connectivity index (χ1n) is 5.59. The standard InChI is InChI=1S/C11H20N4/c1-8(2)10-6-15(7-10)11-9(4-12)5-14(3)13-11/h5,8,10H,4,6-7,12H2,1-3H3. The van der Waals surface area contributed by atoms with Gasteiger partial charge in [0.15, 0.2) is 5.82 Å². The van der Waals surface area contributed by atoms with Gasteiger partial charge in [0.05, 0.1) is 0 Å². The number of nitrogens with zero attached hydrogens (tertiary/aromatic N) is 3. The average Bonchev–Trinajstić information content (AvgIpc) is 2.43. The van der Waals surface area contributed by atoms with Gasteiger partial charge in [-0.1, -0.05) is 13.8 Å². The highest BCUT2D eigenvalue weighted by atomic mass is 15.4. The van der Waals surface area contributed by atoms with E-state index in [-0.39, 0.29) is 0 Å². The summed E-state index contributed by atoms with van der Waals surface area (Å²) in [5.74, 6) is 2.67. The van der Waals surface area contributed by atoms with Crippen molar-refractivity contribution in [1.29, 1.82) is 0 Å². The first kappa shape index (κ1) is 10.5. The van der Waals surface area contributed by atoms with Crippen molar-refractivity contribution in [1.82, 2.24) is 9.78 Å². The van der Waals surface area contributed by atoms with Gasteiger partial charge in [0.2, 0.25) is 0 Å². The van der Waals surface area contributed by atoms with Crippen molar-refractivity contribution in [2.24, 2.45) is 24.6 Å². The van der Waals surface area contributed by atoms with E-state index < -0.39 is 0 Å². The molecule has 2 N–H and O–H groups in total. The molecule has 1 aromatic rings. The molecule has 0 radical (unpaired) electrons. The maximum absolute atomic E-state index is 5.70. The molecule has 1 fully saturated rings. The van der Waals surface area contributed by atoms with Gasteiger partial charge in [-0.2, -0.15) is 5.10 Å². The summed E-state index contributed by atoms with van der Waals surface area (Å²) in [7, 11) is 1.95. The van der Waals surface area contributed by atoms with Crippen molar-refractivity contribution in [3.8, 4) is 0 Å². The lowest BCUT2D eigenvalue weighted by Gasteiger charge is -2.42. The van der Waals surface area contributed by atoms with Crippen molar-refractivity contribution in [2.45, 2.75) is 20.4 Å². The van der Waals surface area contributed by atoms with Crippen molar-refractivity contribution in [3.63, 3.8) is 0 Å². The fourth-order valence-electron chi connectivity index (χ4n) is 2.04. The molecular formula is C11H20N4. The average molecular weight is 208 g/mol. The van der Waals surface area contributed by atoms with E-state index >= 15 is 0 Å². The van der Waals surface area contributed by atoms with Gasteiger partial charge in [-0.15, -0.1) is 0 Å². The van der Waals surface area contributed by atoms with E-state index in [1.165, 1.54) is 0 Å². The minimum absolute atomic E-state index is 0.575. The van der Waals surface area contributed by atoms with E-state index in [1.807, 2.05) is 17.9 Å². The van der Waals surface area contributed by atoms with Crippen LogP contribution in [0.15, 0.2) is 6.20 Å². The molecule has 1 saturated heterocycles. The zero-order chi connectivity index (χ0) is 11.0. The maximum Gasteiger partial charge on any atom is 0.155 e. The summed E-state index contributed by atoms with van der Waals surface area (Å²) in [5.41, 5.74) is 6.85. The predicted molar refractivity (Wildman–Crippen MR) is 61.6 cm³/mol. The second kappa shape index (κ2) is 3.85. The molecule has 0 saturated carbocycles. The SMILES string of the molecule is CC(C)C1CN(c2nn(C)cc2CN)C1. The van der Waals surface area contributed by atoms with Crippen LogP contribution in [0.4, 0.5) is 5.82 Å². The largest absolute Gasteiger partial charge is 0.354 e. The third kappa shape index (κ3) is 1.86. The van der Waals surface area contributed by atoms with Crippen molar-refractivity contribution in [3.05, 3.63) is 11.8 Å². The Hall–Kier alpha value is -1.03. The van der Waals surface area contributed by atoms with E-state index in [0.717, 1.165) is 36.3 Å². The summed E-state index contributed by atoms with van der Waals surface area (Å²) in [4.78, 5) is 2.33. The van der Waals surface area contributed by atoms with E-state index in [1.54, 1.807) is 0 Å². The molecule has 0 aromatic carbocycles. The Bertz CT molecular complexity index is 336. The fraction of sp³-hybridized carbons (Fsp3) is 0.727. The van der Waals surface area contributed by atoms with Crippen LogP contribution in [0.3, 0.4) is 0 Å². The number of anilines is 1. The predicted octanol–water partition coefficient (Wildman–Crippen LogP) is 0.971. The van der Waals surface area contributed by atoms with Crippen LogP contribution >= 0.6 is 0 Å². The molecule has 2 heterocycles. The molecule has 0 spiro atoms. The van der Waals surface area contributed by atoms with Crippen LogP contribution in [-0.4, -0.2) is 22.9 Å². The van der Waals surface area contributed by atoms with Crippen LogP contribution in [0.5, 0.6) is 0 Å². The molecule has 0 bridgehead atoms. The number of hydrogen-bond acceptors (Lipinski definition) is 3. The molecule has 1 aromatic heterocycles. The topological polar surface area (TPSA) is 47.1 Å². The van der Waals surface area contributed by atoms with Crippen molar-refractivity contribution in [2.75, 3.05) is 18.0 Å². The molecule has 0 atom stereocenters. The molecule has 4 heteroatoms. The smallest absolute Gasteiger partial charge is 0.155 e. The molecule has 84 valence electrons. The van der Waals surface area contributed by atoms with E-state index in [4.69, 9.17) is 5.73 Å². The highest BCUT2D eigenvalue weighted by molar-refractivity contribution is 5.48. The minimum atomic E-state index is 0.575. The second-order valence-corrected chi connectivity index (χ2v) is 4.76. The molecule has 0 amide bonds. The van der Waals surface area contributed by atoms with Crippen LogP contribution in [-0.2, 0) is 13.6 Å². The zero-order valence-electron chi connectivity index (χ0n) is 9.77. The molecule has 2 rings (SSSR count). The first-order valence-corrected chi connectivity index (χ1v) is 5.59. The van der Waals surface area contributed by atoms with Crippen molar-refractivity contribution >= 4 is 5.82 Å². The van der Waals surface area contributed by atoms with Crippen LogP contribution in [0.2, 0.25) is 0 Å². The summed E-state index contributed by atoms with van der Waals surface area (Å²) in [6.07, 6.45) is 2.01. The molecular weight excluding hydrogens is 188 g/mol. The third-order valence-electron chi connectivity index (χ3n) is 3.25. The van der Waals surface area contributed by atoms with E-state index in [0.29, 0.717) is 6.54 Å². The number of hydrogen-bond donors (Lipinski definition) is 1. The summed E-state index contributed by atoms with van der Waals surface area (Å²) in [6.45, 7) is 7.39. The van der Waals surface area contributed by atoms with Crippen LogP contribution < -0.4 is 10.6 Å². The summed E-state index contributed by atoms with van der Waals surface area (Å²) in [6, 6.07) is 0. The Morgan fingerprint density at radius 2 is 2.20 bits per heavy atom. The van der Waals surface area contributed by atoms with Gasteiger partial charge in [-0.3, -0.25) is 4.68 Å². The summed E-state index contributed by atoms with van der Waals surface area (Å²) in [5, 5.41) is 4.46. The molecule has 0 aliphatic carbocycles. The Morgan fingerprint density at radius 1 is 1.53 bits per heavy atom. The van der Waals surface area contributed by atoms with Gasteiger partial charge < -0.3 is 10.6 Å². The second-order valence-electron chi connectivity index (χ2n) is 4.76. The normalized spacial score (nSPS) is 17.3. The fourth-order valence-corrected chi connectivity index (χ4v) is 2.04. The minimum Gasteiger partial charge on any atom is -0.354 e. The molecule has 4 nitrogen and oxygen atoms in total. The van der Waals surface area contributed by atoms with Crippen LogP contribution in [0.25, 0.3) is 0 Å². The lowest BCUT2D eigenvalue weighted by Crippen LogP contribution is -2.49. The van der Waals surface area contributed by atoms with Gasteiger partial charge in [0.25, 0.3) is 0 Å². The van der Waals surface area contributed by atoms with Crippen LogP contribution in [0, 0.1) is 11.8 Å². The number of aromatic nitrogens is 2. The number of aryl methyl sites for hydroxylation is 1. The van der Waals surface area contributed by atoms with Gasteiger partial charge in [-0.05, 0) is 11.8 Å². The monoisotopic (exact) mass is 208 g/mol. The summed E-state index contributed by atoms with van der Waals surface area (Å²) < 4.78 is 1.85. The quantitative estimate of drug-likeness (QED) is 0.805. The van der Waals surface area contributed by atoms with E-state index in [9.17, 15) is 0 Å². The lowest BCUT2D eigenvalue weighted by atomic mass is 9.88. The van der Waals surface area contributed by atoms with Gasteiger partial charge in [0.1, 0.15) is 0 Å². The Morgan fingerprint density at radius 3 is 2.73 bits per heavy atom. The summed E-state index contributed by atoms with van der Waals surface area (Å²) >= 11 is 0. The van der Waals surface area contributed by atoms with E-state index in [2.05, 4.69) is 23.8 Å². The van der Waals surface area contributed by atoms with Gasteiger partial charge in [-0.25, -0.2) is 0 Å². The Balaban J connectivity index is 2.06. The lowest BCUT2D eigenvalue weighted by molar-refractivity contribution is 0.307. The number of rotatable bonds is 3. The third-order valence-corrected chi connectivity index (χ3v) is 3.25. The molecule has 15 heavy (non-hydrogen) atoms. The number of nitrogens with two attached hydrogens (primary N) is 1. The first-order chi connectivity index (χ1) is 7.11. The van der Waals surface area contributed by atoms with Crippen molar-refractivity contribution < 1.29 is 0 Å². The molecule has 0 unspecified atom stereocenters. The Labute approximate surface area is 91.1 Å². The zero-order valence-corrected chi connectivity index (χ0v) is 9.77. The highest BCUT2D eigenvalue weighted by Crippen LogP contribution is 2.29. The van der Waals surface area contributed by atoms with Gasteiger partial charge >= 0.3 is 0 Å². The molecule has 1 aliphatic heterocycles. The Kier molecular flexibility index (Phi) is 2.69.